The fourth-order valence-electron chi connectivity index (χ4n) is 0.917. The van der Waals surface area contributed by atoms with Crippen LogP contribution in [0.5, 0.6) is 0 Å². The molecule has 0 saturated heterocycles. The first-order valence-electron chi connectivity index (χ1n) is 4.13. The number of nitrogens with zero attached hydrogens (tertiary/aromatic N) is 1. The average Bonchev–Trinajstić information content (AvgIpc) is 2.17. The van der Waals surface area contributed by atoms with E-state index in [0.717, 1.165) is 21.9 Å². The molecule has 0 amide bonds. The molecule has 0 fully saturated rings. The normalized spacial score (nSPS) is 11.8. The number of hydrogen-bond donors (Lipinski definition) is 0. The topological polar surface area (TPSA) is 12.9 Å². The molecule has 0 N–H and O–H groups in total. The smallest absolute Gasteiger partial charge is 0.0630 e. The van der Waals surface area contributed by atoms with Crippen molar-refractivity contribution in [2.45, 2.75) is 13.3 Å². The van der Waals surface area contributed by atoms with Gasteiger partial charge in [0.25, 0.3) is 0 Å². The van der Waals surface area contributed by atoms with Gasteiger partial charge in [-0.1, -0.05) is 28.4 Å². The van der Waals surface area contributed by atoms with Crippen molar-refractivity contribution in [1.82, 2.24) is 4.98 Å². The highest BCUT2D eigenvalue weighted by molar-refractivity contribution is 9.10. The highest BCUT2D eigenvalue weighted by Crippen LogP contribution is 2.12. The van der Waals surface area contributed by atoms with Crippen LogP contribution in [0.1, 0.15) is 19.0 Å². The summed E-state index contributed by atoms with van der Waals surface area (Å²) in [6.07, 6.45) is 4.98. The van der Waals surface area contributed by atoms with E-state index in [-0.39, 0.29) is 0 Å². The van der Waals surface area contributed by atoms with Gasteiger partial charge in [-0.3, -0.25) is 4.98 Å². The molecule has 0 bridgehead atoms. The van der Waals surface area contributed by atoms with Crippen LogP contribution in [0.2, 0.25) is 0 Å². The third-order valence-electron chi connectivity index (χ3n) is 1.73. The Morgan fingerprint density at radius 1 is 1.54 bits per heavy atom. The Balaban J connectivity index is 2.84. The van der Waals surface area contributed by atoms with Crippen LogP contribution in [0.4, 0.5) is 0 Å². The lowest BCUT2D eigenvalue weighted by Crippen LogP contribution is -1.84. The number of rotatable bonds is 3. The second-order valence-corrected chi connectivity index (χ2v) is 4.17. The van der Waals surface area contributed by atoms with Crippen LogP contribution >= 0.6 is 31.9 Å². The summed E-state index contributed by atoms with van der Waals surface area (Å²) in [5, 5.41) is 0.918. The maximum Gasteiger partial charge on any atom is 0.0630 e. The van der Waals surface area contributed by atoms with E-state index in [0.29, 0.717) is 0 Å². The molecule has 0 spiro atoms. The number of halogens is 2. The highest BCUT2D eigenvalue weighted by Gasteiger charge is 1.94. The summed E-state index contributed by atoms with van der Waals surface area (Å²) in [4.78, 5) is 4.27. The molecule has 1 heterocycles. The van der Waals surface area contributed by atoms with Gasteiger partial charge in [-0.2, -0.15) is 0 Å². The lowest BCUT2D eigenvalue weighted by atomic mass is 10.2. The Kier molecular flexibility index (Phi) is 4.67. The number of alkyl halides is 1. The van der Waals surface area contributed by atoms with Crippen molar-refractivity contribution >= 4 is 37.9 Å². The van der Waals surface area contributed by atoms with Crippen LogP contribution in [0.3, 0.4) is 0 Å². The predicted molar refractivity (Wildman–Crippen MR) is 64.0 cm³/mol. The van der Waals surface area contributed by atoms with Crippen LogP contribution in [-0.4, -0.2) is 10.3 Å². The maximum absolute atomic E-state index is 4.27. The zero-order valence-corrected chi connectivity index (χ0v) is 10.6. The summed E-state index contributed by atoms with van der Waals surface area (Å²) in [6.45, 7) is 2.14. The Morgan fingerprint density at radius 2 is 2.31 bits per heavy atom. The second kappa shape index (κ2) is 5.55. The Labute approximate surface area is 95.5 Å². The first-order chi connectivity index (χ1) is 6.26. The van der Waals surface area contributed by atoms with Gasteiger partial charge in [-0.25, -0.2) is 0 Å². The fourth-order valence-corrected chi connectivity index (χ4v) is 1.71. The van der Waals surface area contributed by atoms with Gasteiger partial charge in [0.1, 0.15) is 0 Å². The number of allylic oxidation sites excluding steroid dienone is 1. The van der Waals surface area contributed by atoms with Gasteiger partial charge >= 0.3 is 0 Å². The molecule has 1 aromatic rings. The molecule has 0 saturated carbocycles. The van der Waals surface area contributed by atoms with Gasteiger partial charge in [-0.15, -0.1) is 0 Å². The first kappa shape index (κ1) is 10.9. The molecule has 0 aromatic carbocycles. The monoisotopic (exact) mass is 303 g/mol. The summed E-state index contributed by atoms with van der Waals surface area (Å²) < 4.78 is 1.02. The minimum Gasteiger partial charge on any atom is -0.256 e. The molecular formula is C10H11Br2N. The SMILES string of the molecule is CC/C(=C/c1ccc(Br)cn1)CBr. The molecule has 1 nitrogen and oxygen atoms in total. The van der Waals surface area contributed by atoms with E-state index in [9.17, 15) is 0 Å². The molecule has 0 atom stereocenters. The Bertz CT molecular complexity index is 284. The van der Waals surface area contributed by atoms with Crippen molar-refractivity contribution < 1.29 is 0 Å². The van der Waals surface area contributed by atoms with E-state index in [4.69, 9.17) is 0 Å². The Morgan fingerprint density at radius 3 is 2.77 bits per heavy atom. The third-order valence-corrected chi connectivity index (χ3v) is 2.92. The molecular weight excluding hydrogens is 294 g/mol. The Hall–Kier alpha value is -0.150. The highest BCUT2D eigenvalue weighted by atomic mass is 79.9. The number of pyridine rings is 1. The zero-order chi connectivity index (χ0) is 9.68. The van der Waals surface area contributed by atoms with E-state index < -0.39 is 0 Å². The lowest BCUT2D eigenvalue weighted by molar-refractivity contribution is 1.12. The van der Waals surface area contributed by atoms with Crippen molar-refractivity contribution in [2.75, 3.05) is 5.33 Å². The van der Waals surface area contributed by atoms with Crippen molar-refractivity contribution in [2.24, 2.45) is 0 Å². The largest absolute Gasteiger partial charge is 0.256 e. The van der Waals surface area contributed by atoms with E-state index in [1.54, 1.807) is 0 Å². The van der Waals surface area contributed by atoms with E-state index in [1.165, 1.54) is 5.57 Å². The van der Waals surface area contributed by atoms with Crippen molar-refractivity contribution in [1.29, 1.82) is 0 Å². The molecule has 0 radical (unpaired) electrons. The second-order valence-electron chi connectivity index (χ2n) is 2.69. The molecule has 1 rings (SSSR count). The first-order valence-corrected chi connectivity index (χ1v) is 6.04. The molecule has 0 aliphatic heterocycles. The minimum absolute atomic E-state index is 0.918. The van der Waals surface area contributed by atoms with E-state index in [1.807, 2.05) is 18.3 Å². The van der Waals surface area contributed by atoms with Crippen LogP contribution in [0.25, 0.3) is 6.08 Å². The van der Waals surface area contributed by atoms with Crippen LogP contribution in [-0.2, 0) is 0 Å². The summed E-state index contributed by atoms with van der Waals surface area (Å²) >= 11 is 6.80. The van der Waals surface area contributed by atoms with Gasteiger partial charge in [-0.05, 0) is 40.6 Å². The summed E-state index contributed by atoms with van der Waals surface area (Å²) in [5.74, 6) is 0. The zero-order valence-electron chi connectivity index (χ0n) is 7.43. The van der Waals surface area contributed by atoms with Crippen molar-refractivity contribution in [3.63, 3.8) is 0 Å². The number of aromatic nitrogens is 1. The lowest BCUT2D eigenvalue weighted by Gasteiger charge is -1.98. The molecule has 70 valence electrons. The number of hydrogen-bond acceptors (Lipinski definition) is 1. The fraction of sp³-hybridized carbons (Fsp3) is 0.300. The maximum atomic E-state index is 4.27. The van der Waals surface area contributed by atoms with Gasteiger partial charge in [0.15, 0.2) is 0 Å². The molecule has 1 aromatic heterocycles. The molecule has 0 aliphatic carbocycles. The molecule has 0 unspecified atom stereocenters. The van der Waals surface area contributed by atoms with Crippen LogP contribution < -0.4 is 0 Å². The predicted octanol–water partition coefficient (Wildman–Crippen LogP) is 4.03. The van der Waals surface area contributed by atoms with E-state index in [2.05, 4.69) is 49.8 Å². The molecule has 13 heavy (non-hydrogen) atoms. The van der Waals surface area contributed by atoms with Crippen LogP contribution in [0.15, 0.2) is 28.4 Å². The standard InChI is InChI=1S/C10H11Br2N/c1-2-8(6-11)5-10-4-3-9(12)7-13-10/h3-5,7H,2,6H2,1H3/b8-5-. The van der Waals surface area contributed by atoms with Gasteiger partial charge in [0.05, 0.1) is 5.69 Å². The summed E-state index contributed by atoms with van der Waals surface area (Å²) in [5.41, 5.74) is 2.37. The van der Waals surface area contributed by atoms with E-state index >= 15 is 0 Å². The third kappa shape index (κ3) is 3.61. The minimum atomic E-state index is 0.918. The van der Waals surface area contributed by atoms with Gasteiger partial charge in [0, 0.05) is 16.0 Å². The average molecular weight is 305 g/mol. The van der Waals surface area contributed by atoms with Crippen LogP contribution in [0, 0.1) is 0 Å². The summed E-state index contributed by atoms with van der Waals surface area (Å²) in [7, 11) is 0. The van der Waals surface area contributed by atoms with Gasteiger partial charge in [0.2, 0.25) is 0 Å². The molecule has 3 heteroatoms. The van der Waals surface area contributed by atoms with Crippen molar-refractivity contribution in [3.05, 3.63) is 34.1 Å². The van der Waals surface area contributed by atoms with Crippen molar-refractivity contribution in [3.8, 4) is 0 Å². The molecule has 0 aliphatic rings. The van der Waals surface area contributed by atoms with Gasteiger partial charge < -0.3 is 0 Å². The summed E-state index contributed by atoms with van der Waals surface area (Å²) in [6, 6.07) is 4.00. The quantitative estimate of drug-likeness (QED) is 0.768.